The molecule has 1 aromatic carbocycles. The topological polar surface area (TPSA) is 62.3 Å². The zero-order valence-electron chi connectivity index (χ0n) is 13.3. The second-order valence-electron chi connectivity index (χ2n) is 5.63. The van der Waals surface area contributed by atoms with Gasteiger partial charge in [0.15, 0.2) is 0 Å². The summed E-state index contributed by atoms with van der Waals surface area (Å²) in [6.07, 6.45) is 2.95. The second kappa shape index (κ2) is 6.20. The Bertz CT molecular complexity index is 771. The normalized spacial score (nSPS) is 12.9. The van der Waals surface area contributed by atoms with Crippen molar-refractivity contribution in [1.29, 1.82) is 0 Å². The lowest BCUT2D eigenvalue weighted by atomic mass is 10.1. The Morgan fingerprint density at radius 1 is 1.26 bits per heavy atom. The second-order valence-corrected chi connectivity index (χ2v) is 5.63. The van der Waals surface area contributed by atoms with E-state index in [0.29, 0.717) is 18.5 Å². The molecule has 0 unspecified atom stereocenters. The van der Waals surface area contributed by atoms with E-state index in [4.69, 9.17) is 0 Å². The van der Waals surface area contributed by atoms with Crippen molar-refractivity contribution in [2.75, 3.05) is 16.8 Å². The highest BCUT2D eigenvalue weighted by Gasteiger charge is 2.24. The number of pyridine rings is 1. The number of carbonyl (C=O) groups is 2. The highest BCUT2D eigenvalue weighted by Crippen LogP contribution is 2.29. The lowest BCUT2D eigenvalue weighted by molar-refractivity contribution is -0.118. The zero-order valence-corrected chi connectivity index (χ0v) is 13.3. The number of nitrogens with one attached hydrogen (secondary N) is 1. The average Bonchev–Trinajstić information content (AvgIpc) is 2.97. The SMILES string of the molecule is CCC(=O)N1CCc2cc(C(=O)Nc3ccnc(C)c3)ccc21. The minimum Gasteiger partial charge on any atom is -0.322 e. The number of carbonyl (C=O) groups excluding carboxylic acids is 2. The summed E-state index contributed by atoms with van der Waals surface area (Å²) >= 11 is 0. The standard InChI is InChI=1S/C18H19N3O2/c1-3-17(22)21-9-7-13-11-14(4-5-16(13)21)18(23)20-15-6-8-19-12(2)10-15/h4-6,8,10-11H,3,7,9H2,1-2H3,(H,19,20,23). The van der Waals surface area contributed by atoms with Crippen LogP contribution in [0.3, 0.4) is 0 Å². The molecule has 0 bridgehead atoms. The molecule has 3 rings (SSSR count). The number of rotatable bonds is 3. The summed E-state index contributed by atoms with van der Waals surface area (Å²) in [6, 6.07) is 9.10. The van der Waals surface area contributed by atoms with Crippen LogP contribution in [-0.2, 0) is 11.2 Å². The van der Waals surface area contributed by atoms with E-state index in [1.165, 1.54) is 0 Å². The van der Waals surface area contributed by atoms with Crippen LogP contribution in [0, 0.1) is 6.92 Å². The molecule has 0 saturated heterocycles. The van der Waals surface area contributed by atoms with Crippen LogP contribution in [0.1, 0.15) is 35.0 Å². The largest absolute Gasteiger partial charge is 0.322 e. The van der Waals surface area contributed by atoms with Crippen molar-refractivity contribution in [3.8, 4) is 0 Å². The fraction of sp³-hybridized carbons (Fsp3) is 0.278. The predicted molar refractivity (Wildman–Crippen MR) is 89.7 cm³/mol. The van der Waals surface area contributed by atoms with Gasteiger partial charge in [0.25, 0.3) is 5.91 Å². The van der Waals surface area contributed by atoms with Crippen LogP contribution in [0.15, 0.2) is 36.5 Å². The van der Waals surface area contributed by atoms with Gasteiger partial charge in [0.1, 0.15) is 0 Å². The first kappa shape index (κ1) is 15.2. The van der Waals surface area contributed by atoms with E-state index in [1.807, 2.05) is 32.0 Å². The molecule has 1 aliphatic rings. The molecule has 1 N–H and O–H groups in total. The van der Waals surface area contributed by atoms with Crippen LogP contribution in [-0.4, -0.2) is 23.3 Å². The number of aromatic nitrogens is 1. The summed E-state index contributed by atoms with van der Waals surface area (Å²) in [5, 5.41) is 2.88. The van der Waals surface area contributed by atoms with E-state index in [0.717, 1.165) is 29.1 Å². The first-order chi connectivity index (χ1) is 11.1. The van der Waals surface area contributed by atoms with Gasteiger partial charge < -0.3 is 10.2 Å². The summed E-state index contributed by atoms with van der Waals surface area (Å²) in [5.41, 5.74) is 4.15. The number of benzene rings is 1. The van der Waals surface area contributed by atoms with Crippen molar-refractivity contribution in [2.24, 2.45) is 0 Å². The quantitative estimate of drug-likeness (QED) is 0.948. The molecule has 2 heterocycles. The molecule has 2 amide bonds. The maximum absolute atomic E-state index is 12.4. The molecule has 0 spiro atoms. The summed E-state index contributed by atoms with van der Waals surface area (Å²) in [7, 11) is 0. The minimum atomic E-state index is -0.154. The van der Waals surface area contributed by atoms with Gasteiger partial charge in [-0.25, -0.2) is 0 Å². The Hall–Kier alpha value is -2.69. The van der Waals surface area contributed by atoms with E-state index in [1.54, 1.807) is 23.2 Å². The molecule has 0 aliphatic carbocycles. The van der Waals surface area contributed by atoms with Crippen LogP contribution in [0.25, 0.3) is 0 Å². The molecule has 0 fully saturated rings. The Labute approximate surface area is 135 Å². The van der Waals surface area contributed by atoms with Gasteiger partial charge in [0, 0.05) is 41.8 Å². The number of fused-ring (bicyclic) bond motifs is 1. The first-order valence-electron chi connectivity index (χ1n) is 7.76. The highest BCUT2D eigenvalue weighted by atomic mass is 16.2. The molecule has 5 nitrogen and oxygen atoms in total. The van der Waals surface area contributed by atoms with Gasteiger partial charge in [-0.2, -0.15) is 0 Å². The van der Waals surface area contributed by atoms with Crippen molar-refractivity contribution in [1.82, 2.24) is 4.98 Å². The first-order valence-corrected chi connectivity index (χ1v) is 7.76. The van der Waals surface area contributed by atoms with E-state index in [9.17, 15) is 9.59 Å². The smallest absolute Gasteiger partial charge is 0.255 e. The van der Waals surface area contributed by atoms with Crippen molar-refractivity contribution >= 4 is 23.2 Å². The van der Waals surface area contributed by atoms with E-state index < -0.39 is 0 Å². The molecule has 0 radical (unpaired) electrons. The van der Waals surface area contributed by atoms with Crippen molar-refractivity contribution < 1.29 is 9.59 Å². The molecule has 0 atom stereocenters. The molecule has 23 heavy (non-hydrogen) atoms. The molecule has 1 aromatic heterocycles. The molecule has 2 aromatic rings. The number of hydrogen-bond donors (Lipinski definition) is 1. The van der Waals surface area contributed by atoms with E-state index >= 15 is 0 Å². The third kappa shape index (κ3) is 3.08. The van der Waals surface area contributed by atoms with Crippen LogP contribution < -0.4 is 10.2 Å². The predicted octanol–water partition coefficient (Wildman–Crippen LogP) is 2.94. The summed E-state index contributed by atoms with van der Waals surface area (Å²) in [6.45, 7) is 4.43. The van der Waals surface area contributed by atoms with Crippen molar-refractivity contribution in [3.63, 3.8) is 0 Å². The summed E-state index contributed by atoms with van der Waals surface area (Å²) in [5.74, 6) is -0.0353. The monoisotopic (exact) mass is 309 g/mol. The molecule has 1 aliphatic heterocycles. The summed E-state index contributed by atoms with van der Waals surface area (Å²) in [4.78, 5) is 30.2. The van der Waals surface area contributed by atoms with Crippen molar-refractivity contribution in [2.45, 2.75) is 26.7 Å². The van der Waals surface area contributed by atoms with Gasteiger partial charge in [0.05, 0.1) is 0 Å². The Kier molecular flexibility index (Phi) is 4.10. The lowest BCUT2D eigenvalue weighted by Crippen LogP contribution is -2.27. The van der Waals surface area contributed by atoms with Crippen molar-refractivity contribution in [3.05, 3.63) is 53.3 Å². The number of hydrogen-bond acceptors (Lipinski definition) is 3. The highest BCUT2D eigenvalue weighted by molar-refractivity contribution is 6.05. The third-order valence-corrected chi connectivity index (χ3v) is 4.00. The van der Waals surface area contributed by atoms with Gasteiger partial charge in [0.2, 0.25) is 5.91 Å². The van der Waals surface area contributed by atoms with Crippen LogP contribution in [0.5, 0.6) is 0 Å². The van der Waals surface area contributed by atoms with Gasteiger partial charge in [-0.1, -0.05) is 6.92 Å². The fourth-order valence-corrected chi connectivity index (χ4v) is 2.82. The number of anilines is 2. The van der Waals surface area contributed by atoms with Gasteiger partial charge in [-0.05, 0) is 49.2 Å². The fourth-order valence-electron chi connectivity index (χ4n) is 2.82. The number of nitrogens with zero attached hydrogens (tertiary/aromatic N) is 2. The third-order valence-electron chi connectivity index (χ3n) is 4.00. The molecular weight excluding hydrogens is 290 g/mol. The Morgan fingerprint density at radius 3 is 2.83 bits per heavy atom. The summed E-state index contributed by atoms with van der Waals surface area (Å²) < 4.78 is 0. The van der Waals surface area contributed by atoms with Gasteiger partial charge in [-0.15, -0.1) is 0 Å². The van der Waals surface area contributed by atoms with Crippen LogP contribution in [0.2, 0.25) is 0 Å². The Morgan fingerprint density at radius 2 is 2.09 bits per heavy atom. The maximum Gasteiger partial charge on any atom is 0.255 e. The van der Waals surface area contributed by atoms with Gasteiger partial charge in [-0.3, -0.25) is 14.6 Å². The molecular formula is C18H19N3O2. The van der Waals surface area contributed by atoms with E-state index in [2.05, 4.69) is 10.3 Å². The molecule has 0 saturated carbocycles. The molecule has 118 valence electrons. The minimum absolute atomic E-state index is 0.119. The molecule has 5 heteroatoms. The van der Waals surface area contributed by atoms with Crippen LogP contribution >= 0.6 is 0 Å². The number of amides is 2. The maximum atomic E-state index is 12.4. The average molecular weight is 309 g/mol. The van der Waals surface area contributed by atoms with Gasteiger partial charge >= 0.3 is 0 Å². The lowest BCUT2D eigenvalue weighted by Gasteiger charge is -2.16. The van der Waals surface area contributed by atoms with Crippen LogP contribution in [0.4, 0.5) is 11.4 Å². The zero-order chi connectivity index (χ0) is 16.4. The number of aryl methyl sites for hydroxylation is 1. The van der Waals surface area contributed by atoms with E-state index in [-0.39, 0.29) is 11.8 Å². The Balaban J connectivity index is 1.80.